The van der Waals surface area contributed by atoms with Crippen LogP contribution >= 0.6 is 11.8 Å². The highest BCUT2D eigenvalue weighted by Gasteiger charge is 2.17. The van der Waals surface area contributed by atoms with E-state index in [4.69, 9.17) is 0 Å². The molecule has 1 heterocycles. The molecule has 0 spiro atoms. The van der Waals surface area contributed by atoms with Crippen LogP contribution in [0.4, 0.5) is 10.5 Å². The van der Waals surface area contributed by atoms with Crippen LogP contribution in [-0.2, 0) is 0 Å². The van der Waals surface area contributed by atoms with Crippen molar-refractivity contribution in [2.45, 2.75) is 32.4 Å². The molecule has 4 nitrogen and oxygen atoms in total. The first kappa shape index (κ1) is 15.2. The number of hydrogen-bond donors (Lipinski definition) is 3. The fourth-order valence-electron chi connectivity index (χ4n) is 2.31. The lowest BCUT2D eigenvalue weighted by atomic mass is 10.1. The largest absolute Gasteiger partial charge is 0.334 e. The van der Waals surface area contributed by atoms with Gasteiger partial charge >= 0.3 is 6.03 Å². The molecule has 2 unspecified atom stereocenters. The van der Waals surface area contributed by atoms with E-state index in [-0.39, 0.29) is 12.1 Å². The SMILES string of the molecule is CCNC(C)c1cccc(NC(=O)NC2CCSC2)c1. The zero-order valence-electron chi connectivity index (χ0n) is 12.1. The zero-order chi connectivity index (χ0) is 14.4. The smallest absolute Gasteiger partial charge is 0.319 e. The van der Waals surface area contributed by atoms with Crippen molar-refractivity contribution in [3.05, 3.63) is 29.8 Å². The Morgan fingerprint density at radius 1 is 1.50 bits per heavy atom. The maximum Gasteiger partial charge on any atom is 0.319 e. The van der Waals surface area contributed by atoms with Crippen LogP contribution in [0.2, 0.25) is 0 Å². The van der Waals surface area contributed by atoms with E-state index in [9.17, 15) is 4.79 Å². The van der Waals surface area contributed by atoms with Crippen LogP contribution in [0.25, 0.3) is 0 Å². The van der Waals surface area contributed by atoms with Crippen LogP contribution in [0, 0.1) is 0 Å². The van der Waals surface area contributed by atoms with E-state index in [1.165, 1.54) is 5.56 Å². The summed E-state index contributed by atoms with van der Waals surface area (Å²) in [5.41, 5.74) is 2.02. The number of urea groups is 1. The summed E-state index contributed by atoms with van der Waals surface area (Å²) >= 11 is 1.89. The predicted octanol–water partition coefficient (Wildman–Crippen LogP) is 2.98. The average Bonchev–Trinajstić information content (AvgIpc) is 2.92. The summed E-state index contributed by atoms with van der Waals surface area (Å²) in [5, 5.41) is 9.30. The van der Waals surface area contributed by atoms with Gasteiger partial charge in [-0.1, -0.05) is 19.1 Å². The number of carbonyl (C=O) groups excluding carboxylic acids is 1. The minimum Gasteiger partial charge on any atom is -0.334 e. The van der Waals surface area contributed by atoms with Crippen molar-refractivity contribution >= 4 is 23.5 Å². The quantitative estimate of drug-likeness (QED) is 0.782. The van der Waals surface area contributed by atoms with Gasteiger partial charge in [-0.15, -0.1) is 0 Å². The summed E-state index contributed by atoms with van der Waals surface area (Å²) in [4.78, 5) is 11.9. The lowest BCUT2D eigenvalue weighted by Gasteiger charge is -2.15. The Hall–Kier alpha value is -1.20. The Bertz CT molecular complexity index is 446. The number of benzene rings is 1. The molecular formula is C15H23N3OS. The van der Waals surface area contributed by atoms with Crippen molar-refractivity contribution in [1.29, 1.82) is 0 Å². The van der Waals surface area contributed by atoms with Gasteiger partial charge in [0, 0.05) is 23.5 Å². The van der Waals surface area contributed by atoms with Crippen LogP contribution < -0.4 is 16.0 Å². The Balaban J connectivity index is 1.91. The molecule has 5 heteroatoms. The molecule has 0 radical (unpaired) electrons. The number of rotatable bonds is 5. The molecule has 0 bridgehead atoms. The molecule has 0 aliphatic carbocycles. The van der Waals surface area contributed by atoms with E-state index >= 15 is 0 Å². The predicted molar refractivity (Wildman–Crippen MR) is 86.4 cm³/mol. The molecule has 1 aliphatic heterocycles. The summed E-state index contributed by atoms with van der Waals surface area (Å²) in [6.07, 6.45) is 1.07. The number of carbonyl (C=O) groups is 1. The number of thioether (sulfide) groups is 1. The third-order valence-electron chi connectivity index (χ3n) is 3.42. The molecule has 1 aliphatic rings. The summed E-state index contributed by atoms with van der Waals surface area (Å²) in [6, 6.07) is 8.49. The Morgan fingerprint density at radius 2 is 2.35 bits per heavy atom. The molecule has 2 rings (SSSR count). The molecule has 0 aromatic heterocycles. The average molecular weight is 293 g/mol. The number of anilines is 1. The second-order valence-corrected chi connectivity index (χ2v) is 6.21. The molecule has 110 valence electrons. The highest BCUT2D eigenvalue weighted by Crippen LogP contribution is 2.19. The van der Waals surface area contributed by atoms with Crippen LogP contribution in [0.3, 0.4) is 0 Å². The second kappa shape index (κ2) is 7.55. The van der Waals surface area contributed by atoms with Crippen molar-refractivity contribution in [1.82, 2.24) is 10.6 Å². The molecule has 2 atom stereocenters. The van der Waals surface area contributed by atoms with Gasteiger partial charge in [-0.3, -0.25) is 0 Å². The third kappa shape index (κ3) is 4.42. The molecule has 20 heavy (non-hydrogen) atoms. The maximum atomic E-state index is 11.9. The fourth-order valence-corrected chi connectivity index (χ4v) is 3.46. The molecule has 1 saturated heterocycles. The minimum atomic E-state index is -0.106. The lowest BCUT2D eigenvalue weighted by Crippen LogP contribution is -2.37. The van der Waals surface area contributed by atoms with Crippen LogP contribution in [0.1, 0.15) is 31.9 Å². The van der Waals surface area contributed by atoms with Gasteiger partial charge in [0.15, 0.2) is 0 Å². The first-order valence-corrected chi connectivity index (χ1v) is 8.33. The highest BCUT2D eigenvalue weighted by molar-refractivity contribution is 7.99. The Kier molecular flexibility index (Phi) is 5.73. The van der Waals surface area contributed by atoms with Gasteiger partial charge in [-0.25, -0.2) is 4.79 Å². The molecule has 3 N–H and O–H groups in total. The Morgan fingerprint density at radius 3 is 3.05 bits per heavy atom. The van der Waals surface area contributed by atoms with E-state index in [1.54, 1.807) is 0 Å². The topological polar surface area (TPSA) is 53.2 Å². The number of nitrogens with one attached hydrogen (secondary N) is 3. The summed E-state index contributed by atoms with van der Waals surface area (Å²) in [7, 11) is 0. The summed E-state index contributed by atoms with van der Waals surface area (Å²) < 4.78 is 0. The first-order chi connectivity index (χ1) is 9.69. The molecule has 1 aromatic carbocycles. The van der Waals surface area contributed by atoms with E-state index < -0.39 is 0 Å². The van der Waals surface area contributed by atoms with Gasteiger partial charge in [0.2, 0.25) is 0 Å². The zero-order valence-corrected chi connectivity index (χ0v) is 12.9. The van der Waals surface area contributed by atoms with Crippen molar-refractivity contribution in [2.24, 2.45) is 0 Å². The van der Waals surface area contributed by atoms with Crippen molar-refractivity contribution < 1.29 is 4.79 Å². The molecule has 0 saturated carbocycles. The van der Waals surface area contributed by atoms with Crippen LogP contribution in [0.15, 0.2) is 24.3 Å². The highest BCUT2D eigenvalue weighted by atomic mass is 32.2. The second-order valence-electron chi connectivity index (χ2n) is 5.06. The summed E-state index contributed by atoms with van der Waals surface area (Å²) in [6.45, 7) is 5.14. The lowest BCUT2D eigenvalue weighted by molar-refractivity contribution is 0.249. The van der Waals surface area contributed by atoms with Gasteiger partial charge in [-0.05, 0) is 43.3 Å². The monoisotopic (exact) mass is 293 g/mol. The van der Waals surface area contributed by atoms with E-state index in [2.05, 4.69) is 35.9 Å². The van der Waals surface area contributed by atoms with Gasteiger partial charge in [0.25, 0.3) is 0 Å². The van der Waals surface area contributed by atoms with Gasteiger partial charge < -0.3 is 16.0 Å². The molecule has 1 fully saturated rings. The molecular weight excluding hydrogens is 270 g/mol. The normalized spacial score (nSPS) is 19.6. The van der Waals surface area contributed by atoms with E-state index in [0.717, 1.165) is 30.2 Å². The fraction of sp³-hybridized carbons (Fsp3) is 0.533. The van der Waals surface area contributed by atoms with Gasteiger partial charge in [0.1, 0.15) is 0 Å². The van der Waals surface area contributed by atoms with Crippen molar-refractivity contribution in [3.63, 3.8) is 0 Å². The maximum absolute atomic E-state index is 11.9. The van der Waals surface area contributed by atoms with Crippen molar-refractivity contribution in [2.75, 3.05) is 23.4 Å². The minimum absolute atomic E-state index is 0.106. The van der Waals surface area contributed by atoms with Crippen LogP contribution in [-0.4, -0.2) is 30.1 Å². The van der Waals surface area contributed by atoms with E-state index in [1.807, 2.05) is 30.0 Å². The van der Waals surface area contributed by atoms with Crippen LogP contribution in [0.5, 0.6) is 0 Å². The van der Waals surface area contributed by atoms with E-state index in [0.29, 0.717) is 6.04 Å². The standard InChI is InChI=1S/C15H23N3OS/c1-3-16-11(2)12-5-4-6-13(9-12)17-15(19)18-14-7-8-20-10-14/h4-6,9,11,14,16H,3,7-8,10H2,1-2H3,(H2,17,18,19). The molecule has 2 amide bonds. The molecule has 1 aromatic rings. The van der Waals surface area contributed by atoms with Gasteiger partial charge in [-0.2, -0.15) is 11.8 Å². The third-order valence-corrected chi connectivity index (χ3v) is 4.58. The van der Waals surface area contributed by atoms with Gasteiger partial charge in [0.05, 0.1) is 0 Å². The summed E-state index contributed by atoms with van der Waals surface area (Å²) in [5.74, 6) is 2.16. The number of amides is 2. The first-order valence-electron chi connectivity index (χ1n) is 7.17. The number of hydrogen-bond acceptors (Lipinski definition) is 3. The Labute approximate surface area is 125 Å². The van der Waals surface area contributed by atoms with Crippen molar-refractivity contribution in [3.8, 4) is 0 Å².